The van der Waals surface area contributed by atoms with Crippen LogP contribution in [0.1, 0.15) is 16.7 Å². The molecule has 0 aliphatic heterocycles. The smallest absolute Gasteiger partial charge is 0.241 e. The van der Waals surface area contributed by atoms with Crippen molar-refractivity contribution in [3.8, 4) is 0 Å². The average molecular weight is 302 g/mol. The van der Waals surface area contributed by atoms with E-state index in [2.05, 4.69) is 93.6 Å². The SMILES string of the molecule is Cc1ccc(B(c2ccc(C)cc2)c2ccc(C)cc2)cc1.O. The first kappa shape index (κ1) is 17.0. The van der Waals surface area contributed by atoms with Gasteiger partial charge in [-0.3, -0.25) is 0 Å². The van der Waals surface area contributed by atoms with Gasteiger partial charge in [-0.25, -0.2) is 0 Å². The number of hydrogen-bond donors (Lipinski definition) is 0. The van der Waals surface area contributed by atoms with Crippen molar-refractivity contribution in [2.24, 2.45) is 0 Å². The van der Waals surface area contributed by atoms with Crippen LogP contribution in [0, 0.1) is 20.8 Å². The van der Waals surface area contributed by atoms with E-state index in [4.69, 9.17) is 0 Å². The lowest BCUT2D eigenvalue weighted by Gasteiger charge is -2.16. The van der Waals surface area contributed by atoms with Gasteiger partial charge in [0.2, 0.25) is 6.71 Å². The minimum Gasteiger partial charge on any atom is -0.412 e. The Morgan fingerprint density at radius 1 is 0.435 bits per heavy atom. The number of benzene rings is 3. The normalized spacial score (nSPS) is 10.0. The summed E-state index contributed by atoms with van der Waals surface area (Å²) in [5, 5.41) is 0. The first-order valence-corrected chi connectivity index (χ1v) is 7.83. The van der Waals surface area contributed by atoms with Crippen molar-refractivity contribution in [2.45, 2.75) is 20.8 Å². The van der Waals surface area contributed by atoms with Crippen molar-refractivity contribution >= 4 is 23.1 Å². The zero-order valence-corrected chi connectivity index (χ0v) is 14.0. The predicted molar refractivity (Wildman–Crippen MR) is 102 cm³/mol. The van der Waals surface area contributed by atoms with Crippen LogP contribution in [0.15, 0.2) is 72.8 Å². The van der Waals surface area contributed by atoms with Crippen LogP contribution in [0.4, 0.5) is 0 Å². The van der Waals surface area contributed by atoms with E-state index in [1.54, 1.807) is 0 Å². The second kappa shape index (κ2) is 7.30. The summed E-state index contributed by atoms with van der Waals surface area (Å²) in [6, 6.07) is 26.7. The molecule has 0 saturated carbocycles. The third-order valence-corrected chi connectivity index (χ3v) is 4.23. The van der Waals surface area contributed by atoms with Gasteiger partial charge < -0.3 is 5.48 Å². The van der Waals surface area contributed by atoms with E-state index >= 15 is 0 Å². The van der Waals surface area contributed by atoms with Crippen molar-refractivity contribution in [1.82, 2.24) is 0 Å². The first-order valence-electron chi connectivity index (χ1n) is 7.83. The summed E-state index contributed by atoms with van der Waals surface area (Å²) in [5.41, 5.74) is 7.94. The molecule has 3 aromatic carbocycles. The van der Waals surface area contributed by atoms with E-state index in [0.29, 0.717) is 6.71 Å². The predicted octanol–water partition coefficient (Wildman–Crippen LogP) is 2.30. The van der Waals surface area contributed by atoms with Crippen molar-refractivity contribution in [3.63, 3.8) is 0 Å². The fourth-order valence-electron chi connectivity index (χ4n) is 2.85. The largest absolute Gasteiger partial charge is 0.412 e. The molecule has 0 aliphatic carbocycles. The molecule has 3 aromatic rings. The maximum absolute atomic E-state index is 2.25. The molecule has 0 radical (unpaired) electrons. The second-order valence-electron chi connectivity index (χ2n) is 6.17. The summed E-state index contributed by atoms with van der Waals surface area (Å²) >= 11 is 0. The van der Waals surface area contributed by atoms with Gasteiger partial charge in [0.05, 0.1) is 0 Å². The zero-order chi connectivity index (χ0) is 15.5. The van der Waals surface area contributed by atoms with E-state index in [1.807, 2.05) is 0 Å². The van der Waals surface area contributed by atoms with Gasteiger partial charge in [0.1, 0.15) is 0 Å². The maximum Gasteiger partial charge on any atom is 0.241 e. The highest BCUT2D eigenvalue weighted by Gasteiger charge is 2.21. The van der Waals surface area contributed by atoms with Crippen LogP contribution >= 0.6 is 0 Å². The first-order chi connectivity index (χ1) is 10.6. The Morgan fingerprint density at radius 3 is 0.870 bits per heavy atom. The van der Waals surface area contributed by atoms with E-state index in [-0.39, 0.29) is 5.48 Å². The molecule has 0 amide bonds. The maximum atomic E-state index is 2.25. The highest BCUT2D eigenvalue weighted by molar-refractivity contribution is 6.95. The molecule has 2 heteroatoms. The van der Waals surface area contributed by atoms with Crippen molar-refractivity contribution in [3.05, 3.63) is 89.5 Å². The molecule has 0 saturated heterocycles. The van der Waals surface area contributed by atoms with E-state index in [1.165, 1.54) is 33.1 Å². The Bertz CT molecular complexity index is 635. The third kappa shape index (κ3) is 3.91. The van der Waals surface area contributed by atoms with Gasteiger partial charge in [0.15, 0.2) is 0 Å². The van der Waals surface area contributed by atoms with Crippen LogP contribution < -0.4 is 16.4 Å². The highest BCUT2D eigenvalue weighted by Crippen LogP contribution is 2.01. The topological polar surface area (TPSA) is 31.5 Å². The minimum atomic E-state index is 0. The molecular formula is C21H23BO. The van der Waals surface area contributed by atoms with Crippen molar-refractivity contribution in [1.29, 1.82) is 0 Å². The molecule has 116 valence electrons. The third-order valence-electron chi connectivity index (χ3n) is 4.23. The molecule has 0 aliphatic rings. The molecule has 0 bridgehead atoms. The lowest BCUT2D eigenvalue weighted by molar-refractivity contribution is 0.824. The fraction of sp³-hybridized carbons (Fsp3) is 0.143. The monoisotopic (exact) mass is 302 g/mol. The molecule has 0 aromatic heterocycles. The number of rotatable bonds is 3. The summed E-state index contributed by atoms with van der Waals surface area (Å²) in [5.74, 6) is 0. The van der Waals surface area contributed by atoms with E-state index in [9.17, 15) is 0 Å². The second-order valence-corrected chi connectivity index (χ2v) is 6.17. The Hall–Kier alpha value is -2.32. The van der Waals surface area contributed by atoms with Crippen LogP contribution in [0.25, 0.3) is 0 Å². The Labute approximate surface area is 139 Å². The average Bonchev–Trinajstić information content (AvgIpc) is 2.53. The zero-order valence-electron chi connectivity index (χ0n) is 14.0. The van der Waals surface area contributed by atoms with Gasteiger partial charge in [-0.2, -0.15) is 0 Å². The molecule has 0 heterocycles. The van der Waals surface area contributed by atoms with Gasteiger partial charge >= 0.3 is 0 Å². The standard InChI is InChI=1S/C21H21B.H2O/c1-16-4-10-19(11-5-16)22(20-12-6-17(2)7-13-20)21-14-8-18(3)9-15-21;/h4-15H,1-3H3;1H2. The van der Waals surface area contributed by atoms with Crippen LogP contribution in [0.2, 0.25) is 0 Å². The van der Waals surface area contributed by atoms with Gasteiger partial charge in [0.25, 0.3) is 0 Å². The van der Waals surface area contributed by atoms with Crippen LogP contribution in [0.3, 0.4) is 0 Å². The summed E-state index contributed by atoms with van der Waals surface area (Å²) in [4.78, 5) is 0. The molecule has 0 atom stereocenters. The quantitative estimate of drug-likeness (QED) is 0.665. The summed E-state index contributed by atoms with van der Waals surface area (Å²) < 4.78 is 0. The molecule has 2 N–H and O–H groups in total. The summed E-state index contributed by atoms with van der Waals surface area (Å²) in [6.07, 6.45) is 0. The van der Waals surface area contributed by atoms with Crippen LogP contribution in [-0.2, 0) is 0 Å². The molecule has 0 fully saturated rings. The molecule has 23 heavy (non-hydrogen) atoms. The lowest BCUT2D eigenvalue weighted by Crippen LogP contribution is -2.51. The minimum absolute atomic E-state index is 0. The number of aryl methyl sites for hydroxylation is 3. The van der Waals surface area contributed by atoms with Crippen molar-refractivity contribution < 1.29 is 5.48 Å². The summed E-state index contributed by atoms with van der Waals surface area (Å²) in [7, 11) is 0. The van der Waals surface area contributed by atoms with E-state index < -0.39 is 0 Å². The van der Waals surface area contributed by atoms with Gasteiger partial charge in [0, 0.05) is 0 Å². The van der Waals surface area contributed by atoms with Crippen molar-refractivity contribution in [2.75, 3.05) is 0 Å². The molecule has 0 spiro atoms. The Kier molecular flexibility index (Phi) is 5.41. The van der Waals surface area contributed by atoms with Gasteiger partial charge in [-0.05, 0) is 20.8 Å². The number of hydrogen-bond acceptors (Lipinski definition) is 0. The lowest BCUT2D eigenvalue weighted by atomic mass is 9.37. The molecule has 3 rings (SSSR count). The van der Waals surface area contributed by atoms with Crippen LogP contribution in [-0.4, -0.2) is 12.2 Å². The fourth-order valence-corrected chi connectivity index (χ4v) is 2.85. The Balaban J connectivity index is 0.00000192. The van der Waals surface area contributed by atoms with Gasteiger partial charge in [-0.1, -0.05) is 106 Å². The molecular weight excluding hydrogens is 279 g/mol. The van der Waals surface area contributed by atoms with E-state index in [0.717, 1.165) is 0 Å². The van der Waals surface area contributed by atoms with Gasteiger partial charge in [-0.15, -0.1) is 0 Å². The Morgan fingerprint density at radius 2 is 0.652 bits per heavy atom. The van der Waals surface area contributed by atoms with Crippen LogP contribution in [0.5, 0.6) is 0 Å². The summed E-state index contributed by atoms with van der Waals surface area (Å²) in [6.45, 7) is 6.70. The molecule has 0 unspecified atom stereocenters. The highest BCUT2D eigenvalue weighted by atomic mass is 16.0. The molecule has 1 nitrogen and oxygen atoms in total.